The molecule has 3 rings (SSSR count). The second-order valence-corrected chi connectivity index (χ2v) is 6.28. The predicted molar refractivity (Wildman–Crippen MR) is 87.3 cm³/mol. The molecule has 0 bridgehead atoms. The molecule has 2 aliphatic rings. The highest BCUT2D eigenvalue weighted by Gasteiger charge is 2.25. The molecule has 1 unspecified atom stereocenters. The molecule has 0 aliphatic carbocycles. The SMILES string of the molecule is Cc1ccc(N2CCN(C)CC2)c(CC2OCCNC2=O)c1. The summed E-state index contributed by atoms with van der Waals surface area (Å²) < 4.78 is 5.65. The summed E-state index contributed by atoms with van der Waals surface area (Å²) >= 11 is 0. The minimum absolute atomic E-state index is 0.0112. The first kappa shape index (κ1) is 15.3. The summed E-state index contributed by atoms with van der Waals surface area (Å²) in [5, 5.41) is 2.89. The van der Waals surface area contributed by atoms with Gasteiger partial charge in [0.1, 0.15) is 6.10 Å². The number of morpholine rings is 1. The summed E-state index contributed by atoms with van der Waals surface area (Å²) in [6, 6.07) is 6.54. The van der Waals surface area contributed by atoms with Crippen LogP contribution in [0.2, 0.25) is 0 Å². The van der Waals surface area contributed by atoms with Crippen LogP contribution in [-0.4, -0.2) is 63.3 Å². The van der Waals surface area contributed by atoms with E-state index < -0.39 is 0 Å². The van der Waals surface area contributed by atoms with E-state index in [-0.39, 0.29) is 12.0 Å². The molecule has 2 fully saturated rings. The molecule has 22 heavy (non-hydrogen) atoms. The molecule has 1 aromatic rings. The highest BCUT2D eigenvalue weighted by molar-refractivity contribution is 5.82. The van der Waals surface area contributed by atoms with Gasteiger partial charge in [-0.1, -0.05) is 17.7 Å². The molecule has 0 aromatic heterocycles. The summed E-state index contributed by atoms with van der Waals surface area (Å²) in [6.45, 7) is 7.54. The minimum atomic E-state index is -0.359. The fourth-order valence-electron chi connectivity index (χ4n) is 3.15. The zero-order chi connectivity index (χ0) is 15.5. The van der Waals surface area contributed by atoms with Gasteiger partial charge in [-0.25, -0.2) is 0 Å². The summed E-state index contributed by atoms with van der Waals surface area (Å²) in [7, 11) is 2.16. The Kier molecular flexibility index (Phi) is 4.64. The molecular formula is C17H25N3O2. The lowest BCUT2D eigenvalue weighted by Gasteiger charge is -2.35. The van der Waals surface area contributed by atoms with Gasteiger partial charge >= 0.3 is 0 Å². The monoisotopic (exact) mass is 303 g/mol. The van der Waals surface area contributed by atoms with E-state index >= 15 is 0 Å². The lowest BCUT2D eigenvalue weighted by Crippen LogP contribution is -2.46. The Balaban J connectivity index is 1.79. The third-order valence-corrected chi connectivity index (χ3v) is 4.50. The summed E-state index contributed by atoms with van der Waals surface area (Å²) in [5.74, 6) is 0.0112. The van der Waals surface area contributed by atoms with E-state index in [9.17, 15) is 4.79 Å². The molecule has 1 aromatic carbocycles. The Bertz CT molecular complexity index is 539. The third-order valence-electron chi connectivity index (χ3n) is 4.50. The lowest BCUT2D eigenvalue weighted by molar-refractivity contribution is -0.137. The fraction of sp³-hybridized carbons (Fsp3) is 0.588. The molecule has 2 saturated heterocycles. The average Bonchev–Trinajstić information content (AvgIpc) is 2.51. The molecule has 1 N–H and O–H groups in total. The van der Waals surface area contributed by atoms with E-state index in [1.165, 1.54) is 16.8 Å². The summed E-state index contributed by atoms with van der Waals surface area (Å²) in [6.07, 6.45) is 0.289. The van der Waals surface area contributed by atoms with E-state index in [0.29, 0.717) is 19.6 Å². The van der Waals surface area contributed by atoms with Gasteiger partial charge in [-0.2, -0.15) is 0 Å². The zero-order valence-electron chi connectivity index (χ0n) is 13.5. The first-order valence-corrected chi connectivity index (χ1v) is 8.06. The van der Waals surface area contributed by atoms with Gasteiger partial charge in [0.05, 0.1) is 6.61 Å². The Morgan fingerprint density at radius 3 is 2.77 bits per heavy atom. The standard InChI is InChI=1S/C17H25N3O2/c1-13-3-4-15(20-8-6-19(2)7-9-20)14(11-13)12-16-17(21)18-5-10-22-16/h3-4,11,16H,5-10,12H2,1-2H3,(H,18,21). The zero-order valence-corrected chi connectivity index (χ0v) is 13.5. The number of amides is 1. The number of rotatable bonds is 3. The predicted octanol–water partition coefficient (Wildman–Crippen LogP) is 0.804. The van der Waals surface area contributed by atoms with Crippen LogP contribution in [0.3, 0.4) is 0 Å². The number of ether oxygens (including phenoxy) is 1. The quantitative estimate of drug-likeness (QED) is 0.897. The van der Waals surface area contributed by atoms with Crippen LogP contribution in [0.25, 0.3) is 0 Å². The van der Waals surface area contributed by atoms with Crippen molar-refractivity contribution in [3.8, 4) is 0 Å². The number of nitrogens with one attached hydrogen (secondary N) is 1. The smallest absolute Gasteiger partial charge is 0.249 e. The minimum Gasteiger partial charge on any atom is -0.369 e. The topological polar surface area (TPSA) is 44.8 Å². The van der Waals surface area contributed by atoms with Crippen LogP contribution in [0, 0.1) is 6.92 Å². The molecule has 120 valence electrons. The van der Waals surface area contributed by atoms with Crippen molar-refractivity contribution in [2.24, 2.45) is 0 Å². The lowest BCUT2D eigenvalue weighted by atomic mass is 10.0. The van der Waals surface area contributed by atoms with E-state index in [0.717, 1.165) is 26.2 Å². The molecule has 5 heteroatoms. The van der Waals surface area contributed by atoms with Crippen LogP contribution < -0.4 is 10.2 Å². The molecular weight excluding hydrogens is 278 g/mol. The van der Waals surface area contributed by atoms with Crippen LogP contribution in [0.1, 0.15) is 11.1 Å². The molecule has 2 heterocycles. The molecule has 5 nitrogen and oxygen atoms in total. The van der Waals surface area contributed by atoms with Crippen molar-refractivity contribution in [2.75, 3.05) is 51.3 Å². The van der Waals surface area contributed by atoms with Crippen molar-refractivity contribution in [3.05, 3.63) is 29.3 Å². The Morgan fingerprint density at radius 1 is 1.27 bits per heavy atom. The van der Waals surface area contributed by atoms with Gasteiger partial charge in [-0.05, 0) is 25.6 Å². The second-order valence-electron chi connectivity index (χ2n) is 6.28. The van der Waals surface area contributed by atoms with Crippen LogP contribution >= 0.6 is 0 Å². The van der Waals surface area contributed by atoms with Gasteiger partial charge in [-0.15, -0.1) is 0 Å². The van der Waals surface area contributed by atoms with Crippen LogP contribution in [-0.2, 0) is 16.0 Å². The molecule has 0 saturated carbocycles. The van der Waals surface area contributed by atoms with Gasteiger partial charge in [0.15, 0.2) is 0 Å². The van der Waals surface area contributed by atoms with Crippen molar-refractivity contribution < 1.29 is 9.53 Å². The maximum Gasteiger partial charge on any atom is 0.249 e. The average molecular weight is 303 g/mol. The van der Waals surface area contributed by atoms with Crippen LogP contribution in [0.15, 0.2) is 18.2 Å². The van der Waals surface area contributed by atoms with Crippen LogP contribution in [0.5, 0.6) is 0 Å². The number of aryl methyl sites for hydroxylation is 1. The highest BCUT2D eigenvalue weighted by Crippen LogP contribution is 2.25. The first-order valence-electron chi connectivity index (χ1n) is 8.06. The summed E-state index contributed by atoms with van der Waals surface area (Å²) in [5.41, 5.74) is 3.69. The number of anilines is 1. The number of nitrogens with zero attached hydrogens (tertiary/aromatic N) is 2. The van der Waals surface area contributed by atoms with E-state index in [4.69, 9.17) is 4.74 Å². The number of carbonyl (C=O) groups is 1. The van der Waals surface area contributed by atoms with Crippen molar-refractivity contribution in [3.63, 3.8) is 0 Å². The van der Waals surface area contributed by atoms with Gasteiger partial charge in [-0.3, -0.25) is 4.79 Å². The maximum atomic E-state index is 12.0. The molecule has 0 spiro atoms. The van der Waals surface area contributed by atoms with Gasteiger partial charge < -0.3 is 19.9 Å². The molecule has 0 radical (unpaired) electrons. The number of hydrogen-bond donors (Lipinski definition) is 1. The number of likely N-dealkylation sites (N-methyl/N-ethyl adjacent to an activating group) is 1. The van der Waals surface area contributed by atoms with E-state index in [2.05, 4.69) is 47.3 Å². The van der Waals surface area contributed by atoms with E-state index in [1.807, 2.05) is 0 Å². The number of carbonyl (C=O) groups excluding carboxylic acids is 1. The number of piperazine rings is 1. The maximum absolute atomic E-state index is 12.0. The molecule has 1 amide bonds. The Labute approximate surface area is 132 Å². The van der Waals surface area contributed by atoms with Gasteiger partial charge in [0, 0.05) is 44.8 Å². The number of hydrogen-bond acceptors (Lipinski definition) is 4. The van der Waals surface area contributed by atoms with Crippen molar-refractivity contribution in [1.29, 1.82) is 0 Å². The molecule has 1 atom stereocenters. The Hall–Kier alpha value is -1.59. The highest BCUT2D eigenvalue weighted by atomic mass is 16.5. The normalized spacial score (nSPS) is 23.5. The van der Waals surface area contributed by atoms with Gasteiger partial charge in [0.25, 0.3) is 0 Å². The fourth-order valence-corrected chi connectivity index (χ4v) is 3.15. The van der Waals surface area contributed by atoms with Crippen molar-refractivity contribution in [2.45, 2.75) is 19.4 Å². The molecule has 2 aliphatic heterocycles. The first-order chi connectivity index (χ1) is 10.6. The largest absolute Gasteiger partial charge is 0.369 e. The third kappa shape index (κ3) is 3.42. The van der Waals surface area contributed by atoms with E-state index in [1.54, 1.807) is 0 Å². The Morgan fingerprint density at radius 2 is 2.05 bits per heavy atom. The second kappa shape index (κ2) is 6.67. The number of benzene rings is 1. The summed E-state index contributed by atoms with van der Waals surface area (Å²) in [4.78, 5) is 16.7. The van der Waals surface area contributed by atoms with Crippen molar-refractivity contribution >= 4 is 11.6 Å². The van der Waals surface area contributed by atoms with Gasteiger partial charge in [0.2, 0.25) is 5.91 Å². The van der Waals surface area contributed by atoms with Crippen LogP contribution in [0.4, 0.5) is 5.69 Å². The van der Waals surface area contributed by atoms with Crippen molar-refractivity contribution in [1.82, 2.24) is 10.2 Å².